The second-order valence-electron chi connectivity index (χ2n) is 4.37. The molecule has 0 saturated heterocycles. The van der Waals surface area contributed by atoms with Crippen molar-refractivity contribution >= 4 is 35.1 Å². The van der Waals surface area contributed by atoms with Gasteiger partial charge in [-0.15, -0.1) is 0 Å². The van der Waals surface area contributed by atoms with Crippen LogP contribution in [0.25, 0.3) is 6.08 Å². The van der Waals surface area contributed by atoms with Gasteiger partial charge >= 0.3 is 0 Å². The van der Waals surface area contributed by atoms with Gasteiger partial charge in [0.15, 0.2) is 0 Å². The van der Waals surface area contributed by atoms with E-state index in [-0.39, 0.29) is 5.57 Å². The lowest BCUT2D eigenvalue weighted by molar-refractivity contribution is 0.103. The summed E-state index contributed by atoms with van der Waals surface area (Å²) in [4.78, 5) is 12.4. The van der Waals surface area contributed by atoms with Crippen LogP contribution < -0.4 is 4.74 Å². The highest BCUT2D eigenvalue weighted by atomic mass is 35.5. The Balaban J connectivity index is 2.45. The van der Waals surface area contributed by atoms with E-state index in [1.807, 2.05) is 6.07 Å². The number of methoxy groups -OCH3 is 1. The third-order valence-electron chi connectivity index (χ3n) is 2.99. The molecule has 110 valence electrons. The van der Waals surface area contributed by atoms with Crippen molar-refractivity contribution in [1.82, 2.24) is 0 Å². The van der Waals surface area contributed by atoms with Crippen molar-refractivity contribution in [1.29, 1.82) is 5.26 Å². The Labute approximate surface area is 138 Å². The molecule has 0 amide bonds. The zero-order valence-electron chi connectivity index (χ0n) is 11.6. The number of Topliss-reactive ketones (excluding diaryl/α,β-unsaturated/α-hetero) is 1. The normalized spacial score (nSPS) is 10.9. The fourth-order valence-corrected chi connectivity index (χ4v) is 2.37. The van der Waals surface area contributed by atoms with Crippen molar-refractivity contribution in [3.8, 4) is 11.8 Å². The molecule has 0 N–H and O–H groups in total. The highest BCUT2D eigenvalue weighted by Crippen LogP contribution is 2.27. The Bertz CT molecular complexity index is 771. The molecule has 0 unspecified atom stereocenters. The summed E-state index contributed by atoms with van der Waals surface area (Å²) in [7, 11) is 1.51. The molecule has 0 saturated carbocycles. The number of ketones is 1. The third kappa shape index (κ3) is 3.48. The minimum atomic E-state index is -0.419. The second kappa shape index (κ2) is 7.13. The molecule has 2 aromatic rings. The molecule has 0 fully saturated rings. The third-order valence-corrected chi connectivity index (χ3v) is 3.64. The molecule has 5 heteroatoms. The molecule has 0 heterocycles. The molecule has 0 radical (unpaired) electrons. The number of hydrogen-bond acceptors (Lipinski definition) is 3. The Hall–Kier alpha value is -2.28. The first-order valence-corrected chi connectivity index (χ1v) is 7.07. The van der Waals surface area contributed by atoms with Crippen LogP contribution in [0, 0.1) is 11.3 Å². The standard InChI is InChI=1S/C17H11Cl2NO2/c1-22-13-5-2-4-11(8-13)17(21)12(10-20)9-14-15(18)6-3-7-16(14)19/h2-9H,1H3/b12-9+. The summed E-state index contributed by atoms with van der Waals surface area (Å²) in [5.41, 5.74) is 0.747. The molecule has 0 aliphatic rings. The molecule has 22 heavy (non-hydrogen) atoms. The van der Waals surface area contributed by atoms with E-state index in [4.69, 9.17) is 27.9 Å². The van der Waals surface area contributed by atoms with E-state index in [0.29, 0.717) is 26.9 Å². The van der Waals surface area contributed by atoms with Crippen molar-refractivity contribution in [2.24, 2.45) is 0 Å². The van der Waals surface area contributed by atoms with Crippen LogP contribution in [0.3, 0.4) is 0 Å². The van der Waals surface area contributed by atoms with Crippen LogP contribution >= 0.6 is 23.2 Å². The minimum absolute atomic E-state index is 0.0525. The number of carbonyl (C=O) groups excluding carboxylic acids is 1. The predicted octanol–water partition coefficient (Wildman–Crippen LogP) is 4.79. The summed E-state index contributed by atoms with van der Waals surface area (Å²) >= 11 is 12.1. The highest BCUT2D eigenvalue weighted by Gasteiger charge is 2.14. The lowest BCUT2D eigenvalue weighted by Crippen LogP contribution is -2.02. The van der Waals surface area contributed by atoms with Gasteiger partial charge in [0.2, 0.25) is 5.78 Å². The van der Waals surface area contributed by atoms with Gasteiger partial charge in [0, 0.05) is 21.2 Å². The van der Waals surface area contributed by atoms with Crippen LogP contribution in [0.15, 0.2) is 48.0 Å². The van der Waals surface area contributed by atoms with Crippen molar-refractivity contribution in [3.05, 3.63) is 69.2 Å². The lowest BCUT2D eigenvalue weighted by Gasteiger charge is -2.05. The zero-order valence-corrected chi connectivity index (χ0v) is 13.2. The van der Waals surface area contributed by atoms with Crippen LogP contribution in [0.4, 0.5) is 0 Å². The molecule has 0 aromatic heterocycles. The fraction of sp³-hybridized carbons (Fsp3) is 0.0588. The first kappa shape index (κ1) is 16.1. The molecular weight excluding hydrogens is 321 g/mol. The Morgan fingerprint density at radius 3 is 2.41 bits per heavy atom. The molecule has 2 rings (SSSR count). The van der Waals surface area contributed by atoms with Gasteiger partial charge in [-0.25, -0.2) is 0 Å². The number of allylic oxidation sites excluding steroid dienone is 1. The Kier molecular flexibility index (Phi) is 5.21. The van der Waals surface area contributed by atoms with Gasteiger partial charge in [-0.3, -0.25) is 4.79 Å². The molecule has 0 aliphatic carbocycles. The summed E-state index contributed by atoms with van der Waals surface area (Å²) in [6, 6.07) is 13.5. The van der Waals surface area contributed by atoms with Gasteiger partial charge < -0.3 is 4.74 Å². The van der Waals surface area contributed by atoms with Gasteiger partial charge in [0.25, 0.3) is 0 Å². The van der Waals surface area contributed by atoms with Crippen molar-refractivity contribution in [3.63, 3.8) is 0 Å². The minimum Gasteiger partial charge on any atom is -0.497 e. The second-order valence-corrected chi connectivity index (χ2v) is 5.18. The smallest absolute Gasteiger partial charge is 0.203 e. The SMILES string of the molecule is COc1cccc(C(=O)/C(C#N)=C/c2c(Cl)cccc2Cl)c1. The van der Waals surface area contributed by atoms with Crippen LogP contribution in [0.5, 0.6) is 5.75 Å². The highest BCUT2D eigenvalue weighted by molar-refractivity contribution is 6.37. The first-order valence-electron chi connectivity index (χ1n) is 6.31. The molecular formula is C17H11Cl2NO2. The monoisotopic (exact) mass is 331 g/mol. The number of nitrogens with zero attached hydrogens (tertiary/aromatic N) is 1. The molecule has 0 bridgehead atoms. The molecule has 3 nitrogen and oxygen atoms in total. The molecule has 2 aromatic carbocycles. The zero-order chi connectivity index (χ0) is 16.1. The van der Waals surface area contributed by atoms with E-state index in [2.05, 4.69) is 0 Å². The first-order chi connectivity index (χ1) is 10.6. The fourth-order valence-electron chi connectivity index (χ4n) is 1.86. The van der Waals surface area contributed by atoms with Crippen LogP contribution in [-0.2, 0) is 0 Å². The van der Waals surface area contributed by atoms with Gasteiger partial charge in [-0.2, -0.15) is 5.26 Å². The van der Waals surface area contributed by atoms with Crippen LogP contribution in [0.1, 0.15) is 15.9 Å². The van der Waals surface area contributed by atoms with E-state index in [9.17, 15) is 10.1 Å². The predicted molar refractivity (Wildman–Crippen MR) is 87.4 cm³/mol. The van der Waals surface area contributed by atoms with E-state index in [1.54, 1.807) is 42.5 Å². The number of benzene rings is 2. The van der Waals surface area contributed by atoms with Crippen molar-refractivity contribution < 1.29 is 9.53 Å². The van der Waals surface area contributed by atoms with Gasteiger partial charge in [-0.1, -0.05) is 41.4 Å². The number of carbonyl (C=O) groups is 1. The summed E-state index contributed by atoms with van der Waals surface area (Å²) in [6.45, 7) is 0. The van der Waals surface area contributed by atoms with E-state index >= 15 is 0 Å². The van der Waals surface area contributed by atoms with Crippen LogP contribution in [-0.4, -0.2) is 12.9 Å². The number of halogens is 2. The summed E-state index contributed by atoms with van der Waals surface area (Å²) in [6.07, 6.45) is 1.40. The summed E-state index contributed by atoms with van der Waals surface area (Å²) in [5.74, 6) is 0.122. The summed E-state index contributed by atoms with van der Waals surface area (Å²) in [5, 5.41) is 10.0. The Morgan fingerprint density at radius 2 is 1.82 bits per heavy atom. The average Bonchev–Trinajstić information content (AvgIpc) is 2.54. The van der Waals surface area contributed by atoms with E-state index < -0.39 is 5.78 Å². The maximum absolute atomic E-state index is 12.4. The average molecular weight is 332 g/mol. The topological polar surface area (TPSA) is 50.1 Å². The summed E-state index contributed by atoms with van der Waals surface area (Å²) < 4.78 is 5.08. The van der Waals surface area contributed by atoms with Gasteiger partial charge in [0.05, 0.1) is 7.11 Å². The van der Waals surface area contributed by atoms with Crippen molar-refractivity contribution in [2.75, 3.05) is 7.11 Å². The number of nitriles is 1. The van der Waals surface area contributed by atoms with E-state index in [0.717, 1.165) is 0 Å². The quantitative estimate of drug-likeness (QED) is 0.459. The van der Waals surface area contributed by atoms with E-state index in [1.165, 1.54) is 13.2 Å². The maximum Gasteiger partial charge on any atom is 0.203 e. The lowest BCUT2D eigenvalue weighted by atomic mass is 10.0. The number of rotatable bonds is 4. The van der Waals surface area contributed by atoms with Crippen LogP contribution in [0.2, 0.25) is 10.0 Å². The molecule has 0 atom stereocenters. The maximum atomic E-state index is 12.4. The number of hydrogen-bond donors (Lipinski definition) is 0. The van der Waals surface area contributed by atoms with Crippen molar-refractivity contribution in [2.45, 2.75) is 0 Å². The molecule has 0 aliphatic heterocycles. The van der Waals surface area contributed by atoms with Gasteiger partial charge in [-0.05, 0) is 30.3 Å². The van der Waals surface area contributed by atoms with Gasteiger partial charge in [0.1, 0.15) is 17.4 Å². The molecule has 0 spiro atoms. The largest absolute Gasteiger partial charge is 0.497 e. The number of ether oxygens (including phenoxy) is 1. The Morgan fingerprint density at radius 1 is 1.18 bits per heavy atom.